The molecule has 1 aromatic carbocycles. The van der Waals surface area contributed by atoms with Gasteiger partial charge in [0.2, 0.25) is 5.91 Å². The van der Waals surface area contributed by atoms with Gasteiger partial charge in [0.05, 0.1) is 17.5 Å². The molecule has 6 heteroatoms. The van der Waals surface area contributed by atoms with Crippen LogP contribution in [0.15, 0.2) is 22.7 Å². The van der Waals surface area contributed by atoms with E-state index < -0.39 is 29.5 Å². The molecule has 4 nitrogen and oxygen atoms in total. The predicted molar refractivity (Wildman–Crippen MR) is 80.4 cm³/mol. The normalized spacial score (nSPS) is 24.8. The number of amides is 1. The Bertz CT molecular complexity index is 564. The molecule has 0 heterocycles. The van der Waals surface area contributed by atoms with Crippen LogP contribution in [0.5, 0.6) is 0 Å². The van der Waals surface area contributed by atoms with E-state index in [-0.39, 0.29) is 11.6 Å². The van der Waals surface area contributed by atoms with Crippen LogP contribution in [-0.2, 0) is 9.59 Å². The van der Waals surface area contributed by atoms with Crippen molar-refractivity contribution in [2.45, 2.75) is 26.2 Å². The van der Waals surface area contributed by atoms with Gasteiger partial charge in [-0.2, -0.15) is 0 Å². The third kappa shape index (κ3) is 3.61. The van der Waals surface area contributed by atoms with E-state index in [9.17, 15) is 19.1 Å². The van der Waals surface area contributed by atoms with Crippen molar-refractivity contribution in [2.75, 3.05) is 5.32 Å². The number of hydrogen-bond donors (Lipinski definition) is 2. The molecule has 1 saturated carbocycles. The number of halogens is 2. The molecule has 0 saturated heterocycles. The van der Waals surface area contributed by atoms with E-state index in [2.05, 4.69) is 21.2 Å². The largest absolute Gasteiger partial charge is 0.481 e. The lowest BCUT2D eigenvalue weighted by Crippen LogP contribution is -2.30. The first kappa shape index (κ1) is 15.9. The van der Waals surface area contributed by atoms with E-state index in [0.717, 1.165) is 6.42 Å². The van der Waals surface area contributed by atoms with Crippen LogP contribution in [0.3, 0.4) is 0 Å². The molecule has 3 unspecified atom stereocenters. The summed E-state index contributed by atoms with van der Waals surface area (Å²) in [7, 11) is 0. The Morgan fingerprint density at radius 3 is 2.62 bits per heavy atom. The minimum Gasteiger partial charge on any atom is -0.481 e. The molecular weight excluding hydrogens is 341 g/mol. The number of benzene rings is 1. The molecule has 0 bridgehead atoms. The fourth-order valence-electron chi connectivity index (χ4n) is 2.86. The van der Waals surface area contributed by atoms with Crippen LogP contribution >= 0.6 is 15.9 Å². The summed E-state index contributed by atoms with van der Waals surface area (Å²) in [6.45, 7) is 1.98. The summed E-state index contributed by atoms with van der Waals surface area (Å²) in [6, 6.07) is 4.34. The molecule has 3 atom stereocenters. The first-order chi connectivity index (χ1) is 9.92. The molecule has 21 heavy (non-hydrogen) atoms. The number of carbonyl (C=O) groups excluding carboxylic acids is 1. The first-order valence-electron chi connectivity index (χ1n) is 6.91. The lowest BCUT2D eigenvalue weighted by atomic mass is 9.95. The smallest absolute Gasteiger partial charge is 0.307 e. The molecule has 0 radical (unpaired) electrons. The Morgan fingerprint density at radius 2 is 2.05 bits per heavy atom. The van der Waals surface area contributed by atoms with Crippen LogP contribution in [0.2, 0.25) is 0 Å². The van der Waals surface area contributed by atoms with E-state index in [0.29, 0.717) is 17.3 Å². The lowest BCUT2D eigenvalue weighted by molar-refractivity contribution is -0.145. The highest BCUT2D eigenvalue weighted by Gasteiger charge is 2.42. The zero-order chi connectivity index (χ0) is 15.6. The first-order valence-corrected chi connectivity index (χ1v) is 7.70. The average Bonchev–Trinajstić information content (AvgIpc) is 2.86. The fraction of sp³-hybridized carbons (Fsp3) is 0.467. The van der Waals surface area contributed by atoms with E-state index >= 15 is 0 Å². The predicted octanol–water partition coefficient (Wildman–Crippen LogP) is 3.66. The molecule has 2 N–H and O–H groups in total. The maximum Gasteiger partial charge on any atom is 0.307 e. The van der Waals surface area contributed by atoms with Gasteiger partial charge in [-0.15, -0.1) is 0 Å². The third-order valence-electron chi connectivity index (χ3n) is 4.08. The summed E-state index contributed by atoms with van der Waals surface area (Å²) >= 11 is 3.14. The number of carbonyl (C=O) groups is 2. The van der Waals surface area contributed by atoms with Gasteiger partial charge < -0.3 is 10.4 Å². The molecule has 0 spiro atoms. The number of carboxylic acids is 1. The van der Waals surface area contributed by atoms with Crippen LogP contribution < -0.4 is 5.32 Å². The number of hydrogen-bond acceptors (Lipinski definition) is 2. The second kappa shape index (κ2) is 6.56. The van der Waals surface area contributed by atoms with Crippen molar-refractivity contribution in [2.24, 2.45) is 17.8 Å². The van der Waals surface area contributed by atoms with Crippen molar-refractivity contribution in [1.82, 2.24) is 0 Å². The molecule has 0 aromatic heterocycles. The van der Waals surface area contributed by atoms with Crippen molar-refractivity contribution in [3.05, 3.63) is 28.5 Å². The lowest BCUT2D eigenvalue weighted by Gasteiger charge is -2.16. The summed E-state index contributed by atoms with van der Waals surface area (Å²) in [5.41, 5.74) is 0.0762. The highest BCUT2D eigenvalue weighted by atomic mass is 79.9. The topological polar surface area (TPSA) is 66.4 Å². The van der Waals surface area contributed by atoms with Crippen molar-refractivity contribution in [3.8, 4) is 0 Å². The Balaban J connectivity index is 2.13. The maximum atomic E-state index is 13.7. The standard InChI is InChI=1S/C15H17BrFNO3/c1-2-8-5-10(11(6-8)15(20)21)14(19)18-13-4-3-9(16)7-12(13)17/h3-4,7-8,10-11H,2,5-6H2,1H3,(H,18,19)(H,20,21). The Kier molecular flexibility index (Phi) is 4.98. The summed E-state index contributed by atoms with van der Waals surface area (Å²) in [5, 5.41) is 11.8. The molecule has 1 amide bonds. The highest BCUT2D eigenvalue weighted by molar-refractivity contribution is 9.10. The van der Waals surface area contributed by atoms with Crippen molar-refractivity contribution in [1.29, 1.82) is 0 Å². The van der Waals surface area contributed by atoms with Gasteiger partial charge in [0, 0.05) is 4.47 Å². The van der Waals surface area contributed by atoms with E-state index in [1.807, 2.05) is 6.92 Å². The highest BCUT2D eigenvalue weighted by Crippen LogP contribution is 2.39. The van der Waals surface area contributed by atoms with Gasteiger partial charge in [0.1, 0.15) is 5.82 Å². The van der Waals surface area contributed by atoms with Gasteiger partial charge in [-0.05, 0) is 37.0 Å². The Hall–Kier alpha value is -1.43. The molecule has 1 fully saturated rings. The van der Waals surface area contributed by atoms with Crippen LogP contribution in [0.4, 0.5) is 10.1 Å². The van der Waals surface area contributed by atoms with Crippen LogP contribution in [0.25, 0.3) is 0 Å². The molecule has 114 valence electrons. The van der Waals surface area contributed by atoms with Crippen LogP contribution in [0, 0.1) is 23.6 Å². The number of nitrogens with one attached hydrogen (secondary N) is 1. The van der Waals surface area contributed by atoms with Crippen molar-refractivity contribution in [3.63, 3.8) is 0 Å². The average molecular weight is 358 g/mol. The second-order valence-corrected chi connectivity index (χ2v) is 6.33. The van der Waals surface area contributed by atoms with Crippen molar-refractivity contribution < 1.29 is 19.1 Å². The zero-order valence-electron chi connectivity index (χ0n) is 11.6. The Morgan fingerprint density at radius 1 is 1.38 bits per heavy atom. The zero-order valence-corrected chi connectivity index (χ0v) is 13.2. The quantitative estimate of drug-likeness (QED) is 0.863. The molecule has 1 aromatic rings. The van der Waals surface area contributed by atoms with Gasteiger partial charge in [0.25, 0.3) is 0 Å². The number of rotatable bonds is 4. The van der Waals surface area contributed by atoms with Crippen LogP contribution in [-0.4, -0.2) is 17.0 Å². The van der Waals surface area contributed by atoms with E-state index in [1.165, 1.54) is 12.1 Å². The molecule has 1 aliphatic carbocycles. The Labute approximate surface area is 130 Å². The maximum absolute atomic E-state index is 13.7. The number of anilines is 1. The fourth-order valence-corrected chi connectivity index (χ4v) is 3.19. The van der Waals surface area contributed by atoms with Crippen LogP contribution in [0.1, 0.15) is 26.2 Å². The summed E-state index contributed by atoms with van der Waals surface area (Å²) in [4.78, 5) is 23.6. The van der Waals surface area contributed by atoms with Gasteiger partial charge in [0.15, 0.2) is 0 Å². The number of aliphatic carboxylic acids is 1. The van der Waals surface area contributed by atoms with Gasteiger partial charge >= 0.3 is 5.97 Å². The van der Waals surface area contributed by atoms with Gasteiger partial charge in [-0.1, -0.05) is 29.3 Å². The molecule has 0 aliphatic heterocycles. The minimum absolute atomic E-state index is 0.0762. The molecular formula is C15H17BrFNO3. The van der Waals surface area contributed by atoms with E-state index in [1.54, 1.807) is 6.07 Å². The summed E-state index contributed by atoms with van der Waals surface area (Å²) < 4.78 is 14.3. The van der Waals surface area contributed by atoms with E-state index in [4.69, 9.17) is 0 Å². The van der Waals surface area contributed by atoms with Gasteiger partial charge in [-0.3, -0.25) is 9.59 Å². The number of carboxylic acid groups (broad SMARTS) is 1. The summed E-state index contributed by atoms with van der Waals surface area (Å²) in [5.74, 6) is -2.97. The summed E-state index contributed by atoms with van der Waals surface area (Å²) in [6.07, 6.45) is 1.89. The SMILES string of the molecule is CCC1CC(C(=O)O)C(C(=O)Nc2ccc(Br)cc2F)C1. The molecule has 2 rings (SSSR count). The monoisotopic (exact) mass is 357 g/mol. The van der Waals surface area contributed by atoms with Crippen molar-refractivity contribution >= 4 is 33.5 Å². The third-order valence-corrected chi connectivity index (χ3v) is 4.57. The second-order valence-electron chi connectivity index (χ2n) is 5.41. The minimum atomic E-state index is -0.956. The van der Waals surface area contributed by atoms with Gasteiger partial charge in [-0.25, -0.2) is 4.39 Å². The molecule has 1 aliphatic rings.